The lowest BCUT2D eigenvalue weighted by atomic mass is 9.89. The molecule has 37 heavy (non-hydrogen) atoms. The molecule has 1 aliphatic carbocycles. The molecule has 5 aromatic rings. The van der Waals surface area contributed by atoms with Crippen LogP contribution in [0.4, 0.5) is 4.39 Å². The van der Waals surface area contributed by atoms with Crippen molar-refractivity contribution in [2.75, 3.05) is 7.11 Å². The number of nitrogens with zero attached hydrogens (tertiary/aromatic N) is 4. The zero-order chi connectivity index (χ0) is 25.5. The van der Waals surface area contributed by atoms with Gasteiger partial charge in [0, 0.05) is 30.8 Å². The molecule has 1 fully saturated rings. The third-order valence-corrected chi connectivity index (χ3v) is 6.80. The van der Waals surface area contributed by atoms with Crippen molar-refractivity contribution in [2.45, 2.75) is 31.5 Å². The Morgan fingerprint density at radius 1 is 1.11 bits per heavy atom. The predicted molar refractivity (Wildman–Crippen MR) is 137 cm³/mol. The molecular formula is C28H26FN5O3. The molecule has 1 saturated carbocycles. The van der Waals surface area contributed by atoms with Gasteiger partial charge in [-0.2, -0.15) is 0 Å². The lowest BCUT2D eigenvalue weighted by Gasteiger charge is -2.32. The summed E-state index contributed by atoms with van der Waals surface area (Å²) in [6.45, 7) is 0.650. The van der Waals surface area contributed by atoms with E-state index in [-0.39, 0.29) is 11.9 Å². The van der Waals surface area contributed by atoms with Crippen molar-refractivity contribution in [3.8, 4) is 39.7 Å². The highest BCUT2D eigenvalue weighted by atomic mass is 19.1. The third kappa shape index (κ3) is 4.47. The van der Waals surface area contributed by atoms with Crippen molar-refractivity contribution in [3.05, 3.63) is 72.3 Å². The number of aromatic nitrogens is 4. The first-order chi connectivity index (χ1) is 18.0. The van der Waals surface area contributed by atoms with Crippen molar-refractivity contribution in [3.63, 3.8) is 0 Å². The topological polar surface area (TPSA) is 98.2 Å². The van der Waals surface area contributed by atoms with Crippen LogP contribution in [0.25, 0.3) is 45.1 Å². The quantitative estimate of drug-likeness (QED) is 0.334. The largest absolute Gasteiger partial charge is 0.493 e. The van der Waals surface area contributed by atoms with Crippen LogP contribution in [0.15, 0.2) is 65.3 Å². The van der Waals surface area contributed by atoms with E-state index < -0.39 is 0 Å². The minimum Gasteiger partial charge on any atom is -0.493 e. The molecule has 0 amide bonds. The summed E-state index contributed by atoms with van der Waals surface area (Å²) in [7, 11) is 3.44. The van der Waals surface area contributed by atoms with Gasteiger partial charge in [0.2, 0.25) is 5.89 Å². The van der Waals surface area contributed by atoms with Crippen molar-refractivity contribution in [2.24, 2.45) is 7.05 Å². The Labute approximate surface area is 212 Å². The highest BCUT2D eigenvalue weighted by Gasteiger charge is 2.26. The molecule has 2 aromatic heterocycles. The van der Waals surface area contributed by atoms with Gasteiger partial charge in [-0.3, -0.25) is 0 Å². The van der Waals surface area contributed by atoms with Gasteiger partial charge in [0.1, 0.15) is 17.7 Å². The third-order valence-electron chi connectivity index (χ3n) is 6.80. The Morgan fingerprint density at radius 3 is 2.70 bits per heavy atom. The zero-order valence-corrected chi connectivity index (χ0v) is 20.5. The number of ether oxygens (including phenoxy) is 1. The highest BCUT2D eigenvalue weighted by molar-refractivity contribution is 5.85. The number of halogens is 1. The van der Waals surface area contributed by atoms with Gasteiger partial charge in [0.25, 0.3) is 0 Å². The number of fused-ring (bicyclic) bond motifs is 1. The van der Waals surface area contributed by atoms with Crippen LogP contribution in [0, 0.1) is 5.82 Å². The number of hydrogen-bond acceptors (Lipinski definition) is 7. The van der Waals surface area contributed by atoms with E-state index in [2.05, 4.69) is 15.5 Å². The van der Waals surface area contributed by atoms with Crippen LogP contribution in [-0.4, -0.2) is 44.1 Å². The number of hydrogen-bond donors (Lipinski definition) is 2. The molecule has 0 saturated heterocycles. The van der Waals surface area contributed by atoms with Gasteiger partial charge >= 0.3 is 0 Å². The van der Waals surface area contributed by atoms with Crippen LogP contribution in [-0.2, 0) is 13.6 Å². The lowest BCUT2D eigenvalue weighted by molar-refractivity contribution is 0.0619. The summed E-state index contributed by atoms with van der Waals surface area (Å²) in [5, 5.41) is 21.1. The first-order valence-electron chi connectivity index (χ1n) is 12.1. The van der Waals surface area contributed by atoms with Crippen molar-refractivity contribution in [1.82, 2.24) is 25.1 Å². The summed E-state index contributed by atoms with van der Waals surface area (Å²) in [6.07, 6.45) is 2.94. The van der Waals surface area contributed by atoms with E-state index in [9.17, 15) is 9.50 Å². The second-order valence-corrected chi connectivity index (χ2v) is 9.40. The van der Waals surface area contributed by atoms with Crippen LogP contribution in [0.1, 0.15) is 18.4 Å². The highest BCUT2D eigenvalue weighted by Crippen LogP contribution is 2.36. The number of aryl methyl sites for hydroxylation is 1. The summed E-state index contributed by atoms with van der Waals surface area (Å²) in [5.74, 6) is 1.30. The van der Waals surface area contributed by atoms with E-state index in [0.717, 1.165) is 35.1 Å². The van der Waals surface area contributed by atoms with Gasteiger partial charge in [-0.05, 0) is 65.9 Å². The maximum absolute atomic E-state index is 14.2. The first-order valence-corrected chi connectivity index (χ1v) is 12.1. The molecular weight excluding hydrogens is 473 g/mol. The van der Waals surface area contributed by atoms with E-state index >= 15 is 0 Å². The smallest absolute Gasteiger partial charge is 0.227 e. The first kappa shape index (κ1) is 23.3. The average Bonchev–Trinajstić information content (AvgIpc) is 3.51. The van der Waals surface area contributed by atoms with Crippen molar-refractivity contribution >= 4 is 11.1 Å². The SMILES string of the molecule is COc1cc(CN[C@H]2C[C@@H](O)C2)cc2nc(-c3cccc(-c4ccc(F)cc4-c4nncn4C)c3)oc12. The second kappa shape index (κ2) is 9.42. The summed E-state index contributed by atoms with van der Waals surface area (Å²) in [6, 6.07) is 16.7. The fraction of sp³-hybridized carbons (Fsp3) is 0.250. The van der Waals surface area contributed by atoms with Crippen molar-refractivity contribution in [1.29, 1.82) is 0 Å². The summed E-state index contributed by atoms with van der Waals surface area (Å²) in [5.41, 5.74) is 5.43. The molecule has 0 unspecified atom stereocenters. The lowest BCUT2D eigenvalue weighted by Crippen LogP contribution is -2.43. The number of benzene rings is 3. The number of aliphatic hydroxyl groups is 1. The fourth-order valence-electron chi connectivity index (χ4n) is 4.75. The molecule has 0 aliphatic heterocycles. The number of oxazole rings is 1. The molecule has 2 heterocycles. The molecule has 0 atom stereocenters. The molecule has 8 nitrogen and oxygen atoms in total. The molecule has 6 rings (SSSR count). The fourth-order valence-corrected chi connectivity index (χ4v) is 4.75. The Bertz CT molecular complexity index is 1590. The molecule has 2 N–H and O–H groups in total. The van der Waals surface area contributed by atoms with E-state index in [4.69, 9.17) is 14.1 Å². The van der Waals surface area contributed by atoms with E-state index in [1.165, 1.54) is 12.1 Å². The Hall–Kier alpha value is -4.08. The zero-order valence-electron chi connectivity index (χ0n) is 20.5. The van der Waals surface area contributed by atoms with E-state index in [1.807, 2.05) is 43.4 Å². The molecule has 0 spiro atoms. The van der Waals surface area contributed by atoms with E-state index in [0.29, 0.717) is 46.7 Å². The summed E-state index contributed by atoms with van der Waals surface area (Å²) < 4.78 is 27.7. The van der Waals surface area contributed by atoms with Gasteiger partial charge in [0.05, 0.1) is 13.2 Å². The van der Waals surface area contributed by atoms with Gasteiger partial charge in [-0.25, -0.2) is 9.37 Å². The Balaban J connectivity index is 1.35. The second-order valence-electron chi connectivity index (χ2n) is 9.40. The Morgan fingerprint density at radius 2 is 1.95 bits per heavy atom. The molecule has 0 bridgehead atoms. The van der Waals surface area contributed by atoms with Crippen LogP contribution in [0.3, 0.4) is 0 Å². The number of nitrogens with one attached hydrogen (secondary N) is 1. The Kier molecular flexibility index (Phi) is 5.94. The molecule has 9 heteroatoms. The minimum absolute atomic E-state index is 0.199. The van der Waals surface area contributed by atoms with Gasteiger partial charge < -0.3 is 24.1 Å². The standard InChI is InChI=1S/C28H26FN5O3/c1-34-15-31-33-27(34)23-11-19(29)6-7-22(23)17-4-3-5-18(10-17)28-32-24-8-16(9-25(36-2)26(24)37-28)14-30-20-12-21(35)13-20/h3-11,15,20-21,30,35H,12-14H2,1-2H3/t20-,21+. The molecule has 0 radical (unpaired) electrons. The summed E-state index contributed by atoms with van der Waals surface area (Å²) >= 11 is 0. The van der Waals surface area contributed by atoms with Crippen LogP contribution in [0.2, 0.25) is 0 Å². The van der Waals surface area contributed by atoms with Gasteiger partial charge in [-0.1, -0.05) is 18.2 Å². The average molecular weight is 500 g/mol. The number of methoxy groups -OCH3 is 1. The molecule has 1 aliphatic rings. The monoisotopic (exact) mass is 499 g/mol. The van der Waals surface area contributed by atoms with E-state index in [1.54, 1.807) is 24.1 Å². The minimum atomic E-state index is -0.345. The van der Waals surface area contributed by atoms with Crippen LogP contribution in [0.5, 0.6) is 5.75 Å². The molecule has 188 valence electrons. The number of rotatable bonds is 7. The molecule has 3 aromatic carbocycles. The van der Waals surface area contributed by atoms with Crippen molar-refractivity contribution < 1.29 is 18.7 Å². The van der Waals surface area contributed by atoms with Gasteiger partial charge in [0.15, 0.2) is 17.2 Å². The number of aliphatic hydroxyl groups excluding tert-OH is 1. The maximum Gasteiger partial charge on any atom is 0.227 e. The summed E-state index contributed by atoms with van der Waals surface area (Å²) in [4.78, 5) is 4.76. The normalized spacial score (nSPS) is 17.2. The van der Waals surface area contributed by atoms with Gasteiger partial charge in [-0.15, -0.1) is 10.2 Å². The predicted octanol–water partition coefficient (Wildman–Crippen LogP) is 4.72. The maximum atomic E-state index is 14.2. The van der Waals surface area contributed by atoms with Crippen LogP contribution >= 0.6 is 0 Å². The van der Waals surface area contributed by atoms with Crippen LogP contribution < -0.4 is 10.1 Å².